The first-order valence-corrected chi connectivity index (χ1v) is 8.31. The molecule has 0 aliphatic carbocycles. The second-order valence-electron chi connectivity index (χ2n) is 6.13. The fraction of sp³-hybridized carbons (Fsp3) is 0.278. The molecule has 12 heteroatoms. The lowest BCUT2D eigenvalue weighted by atomic mass is 10.0. The fourth-order valence-electron chi connectivity index (χ4n) is 2.98. The first-order valence-electron chi connectivity index (χ1n) is 8.31. The molecule has 0 bridgehead atoms. The van der Waals surface area contributed by atoms with Crippen molar-refractivity contribution in [3.63, 3.8) is 0 Å². The molecule has 1 aromatic carbocycles. The Bertz CT molecular complexity index is 1110. The molecule has 0 saturated heterocycles. The summed E-state index contributed by atoms with van der Waals surface area (Å²) in [5.41, 5.74) is -1.42. The molecule has 2 heterocycles. The molecule has 3 aromatic rings. The van der Waals surface area contributed by atoms with E-state index in [1.807, 2.05) is 0 Å². The molecule has 30 heavy (non-hydrogen) atoms. The van der Waals surface area contributed by atoms with Crippen molar-refractivity contribution < 1.29 is 41.3 Å². The SMILES string of the molecule is COc1cc(-c2cc(C(F)(F)F)c3c(C)nn(CC(=O)O)c3n2)ccc1OC(F)F. The van der Waals surface area contributed by atoms with Crippen molar-refractivity contribution >= 4 is 17.0 Å². The molecule has 0 atom stereocenters. The molecule has 2 aromatic heterocycles. The normalized spacial score (nSPS) is 11.9. The minimum Gasteiger partial charge on any atom is -0.493 e. The molecule has 0 amide bonds. The number of hydrogen-bond donors (Lipinski definition) is 1. The Kier molecular flexibility index (Phi) is 5.51. The first kappa shape index (κ1) is 21.3. The summed E-state index contributed by atoms with van der Waals surface area (Å²) in [7, 11) is 1.18. The third kappa shape index (κ3) is 4.11. The van der Waals surface area contributed by atoms with E-state index in [4.69, 9.17) is 9.84 Å². The summed E-state index contributed by atoms with van der Waals surface area (Å²) >= 11 is 0. The van der Waals surface area contributed by atoms with Crippen molar-refractivity contribution in [2.45, 2.75) is 26.3 Å². The molecule has 0 spiro atoms. The molecule has 0 saturated carbocycles. The van der Waals surface area contributed by atoms with Crippen molar-refractivity contribution in [3.05, 3.63) is 35.5 Å². The number of carbonyl (C=O) groups is 1. The fourth-order valence-corrected chi connectivity index (χ4v) is 2.98. The summed E-state index contributed by atoms with van der Waals surface area (Å²) in [6, 6.07) is 4.32. The molecular weight excluding hydrogens is 417 g/mol. The van der Waals surface area contributed by atoms with Gasteiger partial charge in [0.25, 0.3) is 0 Å². The summed E-state index contributed by atoms with van der Waals surface area (Å²) in [6.07, 6.45) is -4.78. The maximum atomic E-state index is 13.7. The number of methoxy groups -OCH3 is 1. The Labute approximate surface area is 165 Å². The van der Waals surface area contributed by atoms with Gasteiger partial charge in [-0.2, -0.15) is 27.1 Å². The number of carboxylic acid groups (broad SMARTS) is 1. The Hall–Kier alpha value is -3.44. The number of aromatic nitrogens is 3. The van der Waals surface area contributed by atoms with E-state index in [2.05, 4.69) is 14.8 Å². The van der Waals surface area contributed by atoms with Crippen molar-refractivity contribution in [2.75, 3.05) is 7.11 Å². The van der Waals surface area contributed by atoms with Gasteiger partial charge in [-0.25, -0.2) is 9.67 Å². The average molecular weight is 431 g/mol. The van der Waals surface area contributed by atoms with Crippen LogP contribution in [0.3, 0.4) is 0 Å². The Morgan fingerprint density at radius 1 is 1.23 bits per heavy atom. The van der Waals surface area contributed by atoms with Crippen LogP contribution in [0.1, 0.15) is 11.3 Å². The Balaban J connectivity index is 2.25. The maximum absolute atomic E-state index is 13.7. The highest BCUT2D eigenvalue weighted by molar-refractivity contribution is 5.86. The van der Waals surface area contributed by atoms with Gasteiger partial charge < -0.3 is 14.6 Å². The third-order valence-electron chi connectivity index (χ3n) is 4.14. The number of aliphatic carboxylic acids is 1. The minimum atomic E-state index is -4.78. The van der Waals surface area contributed by atoms with Crippen LogP contribution in [0.5, 0.6) is 11.5 Å². The highest BCUT2D eigenvalue weighted by Gasteiger charge is 2.36. The van der Waals surface area contributed by atoms with E-state index in [0.29, 0.717) is 0 Å². The molecule has 0 aliphatic rings. The molecule has 0 fully saturated rings. The number of pyridine rings is 1. The van der Waals surface area contributed by atoms with Gasteiger partial charge in [0, 0.05) is 5.56 Å². The largest absolute Gasteiger partial charge is 0.493 e. The number of rotatable bonds is 6. The van der Waals surface area contributed by atoms with Crippen LogP contribution < -0.4 is 9.47 Å². The maximum Gasteiger partial charge on any atom is 0.417 e. The summed E-state index contributed by atoms with van der Waals surface area (Å²) in [6.45, 7) is -2.50. The summed E-state index contributed by atoms with van der Waals surface area (Å²) in [5, 5.41) is 12.6. The highest BCUT2D eigenvalue weighted by Crippen LogP contribution is 2.39. The number of aryl methyl sites for hydroxylation is 1. The zero-order valence-corrected chi connectivity index (χ0v) is 15.5. The molecular formula is C18H14F5N3O4. The monoisotopic (exact) mass is 431 g/mol. The Morgan fingerprint density at radius 3 is 2.50 bits per heavy atom. The number of nitrogens with zero attached hydrogens (tertiary/aromatic N) is 3. The zero-order valence-electron chi connectivity index (χ0n) is 15.5. The van der Waals surface area contributed by atoms with Gasteiger partial charge in [-0.15, -0.1) is 0 Å². The van der Waals surface area contributed by atoms with Crippen molar-refractivity contribution in [2.24, 2.45) is 0 Å². The van der Waals surface area contributed by atoms with Gasteiger partial charge >= 0.3 is 18.8 Å². The van der Waals surface area contributed by atoms with E-state index in [0.717, 1.165) is 16.8 Å². The van der Waals surface area contributed by atoms with Gasteiger partial charge in [0.1, 0.15) is 6.54 Å². The standard InChI is InChI=1S/C18H14F5N3O4/c1-8-15-10(18(21,22)23)6-11(24-16(15)26(25-8)7-14(27)28)9-3-4-12(30-17(19)20)13(5-9)29-2/h3-6,17H,7H2,1-2H3,(H,27,28). The minimum absolute atomic E-state index is 0.0316. The number of fused-ring (bicyclic) bond motifs is 1. The van der Waals surface area contributed by atoms with Crippen molar-refractivity contribution in [1.82, 2.24) is 14.8 Å². The van der Waals surface area contributed by atoms with Gasteiger partial charge in [-0.1, -0.05) is 0 Å². The smallest absolute Gasteiger partial charge is 0.417 e. The van der Waals surface area contributed by atoms with Crippen LogP contribution in [0.15, 0.2) is 24.3 Å². The van der Waals surface area contributed by atoms with E-state index in [1.54, 1.807) is 0 Å². The first-order chi connectivity index (χ1) is 14.0. The van der Waals surface area contributed by atoms with Gasteiger partial charge in [-0.3, -0.25) is 4.79 Å². The van der Waals surface area contributed by atoms with Crippen LogP contribution in [-0.2, 0) is 17.5 Å². The molecule has 0 radical (unpaired) electrons. The van der Waals surface area contributed by atoms with Crippen LogP contribution >= 0.6 is 0 Å². The number of hydrogen-bond acceptors (Lipinski definition) is 5. The Morgan fingerprint density at radius 2 is 1.93 bits per heavy atom. The van der Waals surface area contributed by atoms with Crippen LogP contribution in [-0.4, -0.2) is 39.6 Å². The predicted molar refractivity (Wildman–Crippen MR) is 93.5 cm³/mol. The van der Waals surface area contributed by atoms with Crippen LogP contribution in [0.25, 0.3) is 22.3 Å². The van der Waals surface area contributed by atoms with Gasteiger partial charge in [-0.05, 0) is 31.2 Å². The molecule has 7 nitrogen and oxygen atoms in total. The third-order valence-corrected chi connectivity index (χ3v) is 4.14. The second kappa shape index (κ2) is 7.76. The molecule has 0 unspecified atom stereocenters. The van der Waals surface area contributed by atoms with Crippen molar-refractivity contribution in [3.8, 4) is 22.8 Å². The van der Waals surface area contributed by atoms with E-state index < -0.39 is 30.9 Å². The average Bonchev–Trinajstić information content (AvgIpc) is 2.95. The van der Waals surface area contributed by atoms with Gasteiger partial charge in [0.05, 0.1) is 29.4 Å². The summed E-state index contributed by atoms with van der Waals surface area (Å²) in [4.78, 5) is 15.2. The number of alkyl halides is 5. The topological polar surface area (TPSA) is 86.5 Å². The van der Waals surface area contributed by atoms with Crippen LogP contribution in [0.4, 0.5) is 22.0 Å². The molecule has 1 N–H and O–H groups in total. The highest BCUT2D eigenvalue weighted by atomic mass is 19.4. The van der Waals surface area contributed by atoms with E-state index in [-0.39, 0.29) is 39.5 Å². The number of carboxylic acids is 1. The quantitative estimate of drug-likeness (QED) is 0.591. The lowest BCUT2D eigenvalue weighted by Crippen LogP contribution is -2.12. The lowest BCUT2D eigenvalue weighted by Gasteiger charge is -2.14. The molecule has 0 aliphatic heterocycles. The molecule has 3 rings (SSSR count). The van der Waals surface area contributed by atoms with E-state index >= 15 is 0 Å². The second-order valence-corrected chi connectivity index (χ2v) is 6.13. The van der Waals surface area contributed by atoms with Gasteiger partial charge in [0.2, 0.25) is 0 Å². The summed E-state index contributed by atoms with van der Waals surface area (Å²) < 4.78 is 76.3. The van der Waals surface area contributed by atoms with E-state index in [1.165, 1.54) is 26.2 Å². The van der Waals surface area contributed by atoms with Crippen LogP contribution in [0, 0.1) is 6.92 Å². The van der Waals surface area contributed by atoms with E-state index in [9.17, 15) is 26.7 Å². The zero-order chi connectivity index (χ0) is 22.2. The summed E-state index contributed by atoms with van der Waals surface area (Å²) in [5.74, 6) is -1.76. The predicted octanol–water partition coefficient (Wildman–Crippen LogP) is 4.12. The van der Waals surface area contributed by atoms with Crippen molar-refractivity contribution in [1.29, 1.82) is 0 Å². The number of ether oxygens (including phenoxy) is 2. The van der Waals surface area contributed by atoms with Crippen LogP contribution in [0.2, 0.25) is 0 Å². The van der Waals surface area contributed by atoms with Gasteiger partial charge in [0.15, 0.2) is 17.1 Å². The lowest BCUT2D eigenvalue weighted by molar-refractivity contribution is -0.138. The number of halogens is 5. The number of benzene rings is 1. The molecule has 160 valence electrons.